The molecule has 0 spiro atoms. The van der Waals surface area contributed by atoms with E-state index in [1.165, 1.54) is 23.3 Å². The smallest absolute Gasteiger partial charge is 0.307 e. The summed E-state index contributed by atoms with van der Waals surface area (Å²) in [7, 11) is 0. The van der Waals surface area contributed by atoms with Crippen molar-refractivity contribution >= 4 is 39.6 Å². The third kappa shape index (κ3) is 3.87. The quantitative estimate of drug-likeness (QED) is 0.662. The molecule has 0 radical (unpaired) electrons. The number of anilines is 1. The number of nitrogens with one attached hydrogen (secondary N) is 1. The van der Waals surface area contributed by atoms with E-state index in [-0.39, 0.29) is 5.91 Å². The summed E-state index contributed by atoms with van der Waals surface area (Å²) in [6.07, 6.45) is 8.71. The average Bonchev–Trinajstić information content (AvgIpc) is 3.16. The van der Waals surface area contributed by atoms with Gasteiger partial charge in [0.25, 0.3) is 0 Å². The van der Waals surface area contributed by atoms with Gasteiger partial charge in [0, 0.05) is 21.5 Å². The molecule has 28 heavy (non-hydrogen) atoms. The molecule has 150 valence electrons. The Bertz CT molecular complexity index is 886. The number of thiophene rings is 1. The Balaban J connectivity index is 1.67. The first-order valence-electron chi connectivity index (χ1n) is 10.2. The Morgan fingerprint density at radius 2 is 1.86 bits per heavy atom. The van der Waals surface area contributed by atoms with Crippen LogP contribution in [0.3, 0.4) is 0 Å². The fraction of sp³-hybridized carbons (Fsp3) is 0.571. The van der Waals surface area contributed by atoms with Crippen LogP contribution in [-0.4, -0.2) is 22.0 Å². The molecule has 2 aromatic heterocycles. The number of carboxylic acid groups (broad SMARTS) is 1. The molecule has 0 aliphatic heterocycles. The topological polar surface area (TPSA) is 79.3 Å². The van der Waals surface area contributed by atoms with Crippen LogP contribution in [-0.2, 0) is 22.4 Å². The summed E-state index contributed by atoms with van der Waals surface area (Å²) in [5.74, 6) is -2.01. The standard InChI is InChI=1S/C21H26N2O3S2/c1-12-11-27-19(22-12)17-15-9-3-2-4-10-16(15)28-20(17)23-18(24)13-7-5-6-8-14(13)21(25)26/h11,13-14H,2-10H2,1H3,(H,23,24)(H,25,26). The van der Waals surface area contributed by atoms with Gasteiger partial charge in [-0.3, -0.25) is 9.59 Å². The van der Waals surface area contributed by atoms with Crippen LogP contribution >= 0.6 is 22.7 Å². The van der Waals surface area contributed by atoms with E-state index in [9.17, 15) is 14.7 Å². The zero-order valence-electron chi connectivity index (χ0n) is 16.1. The summed E-state index contributed by atoms with van der Waals surface area (Å²) in [6, 6.07) is 0. The first-order chi connectivity index (χ1) is 13.5. The predicted octanol–water partition coefficient (Wildman–Crippen LogP) is 5.28. The zero-order chi connectivity index (χ0) is 19.7. The van der Waals surface area contributed by atoms with Gasteiger partial charge in [-0.15, -0.1) is 22.7 Å². The summed E-state index contributed by atoms with van der Waals surface area (Å²) >= 11 is 3.29. The van der Waals surface area contributed by atoms with Gasteiger partial charge in [-0.25, -0.2) is 4.98 Å². The van der Waals surface area contributed by atoms with Gasteiger partial charge < -0.3 is 10.4 Å². The number of amides is 1. The van der Waals surface area contributed by atoms with Gasteiger partial charge >= 0.3 is 5.97 Å². The van der Waals surface area contributed by atoms with Gasteiger partial charge in [0.2, 0.25) is 5.91 Å². The van der Waals surface area contributed by atoms with E-state index in [0.29, 0.717) is 12.8 Å². The summed E-state index contributed by atoms with van der Waals surface area (Å²) in [6.45, 7) is 1.99. The van der Waals surface area contributed by atoms with Crippen molar-refractivity contribution in [2.45, 2.75) is 64.7 Å². The molecule has 0 aromatic carbocycles. The molecule has 0 saturated heterocycles. The number of carbonyl (C=O) groups excluding carboxylic acids is 1. The van der Waals surface area contributed by atoms with E-state index in [4.69, 9.17) is 4.98 Å². The zero-order valence-corrected chi connectivity index (χ0v) is 17.8. The van der Waals surface area contributed by atoms with Gasteiger partial charge in [0.1, 0.15) is 10.0 Å². The van der Waals surface area contributed by atoms with Crippen molar-refractivity contribution in [1.29, 1.82) is 0 Å². The van der Waals surface area contributed by atoms with Gasteiger partial charge in [-0.05, 0) is 51.0 Å². The third-order valence-corrected chi connectivity index (χ3v) is 8.10. The predicted molar refractivity (Wildman–Crippen MR) is 113 cm³/mol. The number of hydrogen-bond donors (Lipinski definition) is 2. The summed E-state index contributed by atoms with van der Waals surface area (Å²) in [5, 5.41) is 16.5. The van der Waals surface area contributed by atoms with Crippen LogP contribution in [0.5, 0.6) is 0 Å². The molecule has 2 atom stereocenters. The Hall–Kier alpha value is -1.73. The lowest BCUT2D eigenvalue weighted by molar-refractivity contribution is -0.147. The molecule has 5 nitrogen and oxygen atoms in total. The molecule has 1 fully saturated rings. The van der Waals surface area contributed by atoms with Crippen molar-refractivity contribution in [3.8, 4) is 10.6 Å². The van der Waals surface area contributed by atoms with E-state index < -0.39 is 17.8 Å². The molecule has 7 heteroatoms. The van der Waals surface area contributed by atoms with Crippen molar-refractivity contribution in [3.63, 3.8) is 0 Å². The second-order valence-electron chi connectivity index (χ2n) is 7.89. The first-order valence-corrected chi connectivity index (χ1v) is 11.8. The maximum atomic E-state index is 13.1. The molecule has 0 bridgehead atoms. The number of nitrogens with zero attached hydrogens (tertiary/aromatic N) is 1. The van der Waals surface area contributed by atoms with Gasteiger partial charge in [-0.1, -0.05) is 19.3 Å². The van der Waals surface area contributed by atoms with Gasteiger partial charge in [0.15, 0.2) is 0 Å². The molecule has 1 amide bonds. The number of rotatable bonds is 4. The number of hydrogen-bond acceptors (Lipinski definition) is 5. The molecule has 2 aliphatic carbocycles. The fourth-order valence-electron chi connectivity index (χ4n) is 4.47. The number of carboxylic acids is 1. The Morgan fingerprint density at radius 1 is 1.11 bits per heavy atom. The molecule has 2 heterocycles. The summed E-state index contributed by atoms with van der Waals surface area (Å²) < 4.78 is 0. The van der Waals surface area contributed by atoms with Crippen LogP contribution in [0.1, 0.15) is 61.1 Å². The summed E-state index contributed by atoms with van der Waals surface area (Å²) in [5.41, 5.74) is 3.41. The lowest BCUT2D eigenvalue weighted by Crippen LogP contribution is -2.35. The van der Waals surface area contributed by atoms with E-state index in [1.807, 2.05) is 12.3 Å². The number of aromatic nitrogens is 1. The lowest BCUT2D eigenvalue weighted by Gasteiger charge is -2.27. The Morgan fingerprint density at radius 3 is 2.57 bits per heavy atom. The van der Waals surface area contributed by atoms with Gasteiger partial charge in [0.05, 0.1) is 11.8 Å². The first kappa shape index (κ1) is 19.6. The van der Waals surface area contributed by atoms with Crippen LogP contribution in [0.4, 0.5) is 5.00 Å². The van der Waals surface area contributed by atoms with Crippen molar-refractivity contribution in [2.75, 3.05) is 5.32 Å². The highest BCUT2D eigenvalue weighted by molar-refractivity contribution is 7.18. The molecule has 1 saturated carbocycles. The van der Waals surface area contributed by atoms with E-state index in [2.05, 4.69) is 5.32 Å². The Kier molecular flexibility index (Phi) is 5.83. The molecule has 2 aliphatic rings. The van der Waals surface area contributed by atoms with Crippen molar-refractivity contribution < 1.29 is 14.7 Å². The van der Waals surface area contributed by atoms with E-state index in [0.717, 1.165) is 53.4 Å². The molecular formula is C21H26N2O3S2. The SMILES string of the molecule is Cc1csc(-c2c(NC(=O)C3CCCCC3C(=O)O)sc3c2CCCCC3)n1. The monoisotopic (exact) mass is 418 g/mol. The highest BCUT2D eigenvalue weighted by atomic mass is 32.1. The number of carbonyl (C=O) groups is 2. The number of fused-ring (bicyclic) bond motifs is 1. The van der Waals surface area contributed by atoms with Crippen molar-refractivity contribution in [2.24, 2.45) is 11.8 Å². The maximum Gasteiger partial charge on any atom is 0.307 e. The molecule has 2 unspecified atom stereocenters. The average molecular weight is 419 g/mol. The summed E-state index contributed by atoms with van der Waals surface area (Å²) in [4.78, 5) is 30.7. The van der Waals surface area contributed by atoms with E-state index >= 15 is 0 Å². The van der Waals surface area contributed by atoms with Crippen molar-refractivity contribution in [1.82, 2.24) is 4.98 Å². The fourth-order valence-corrected chi connectivity index (χ4v) is 6.70. The number of aliphatic carboxylic acids is 1. The van der Waals surface area contributed by atoms with Gasteiger partial charge in [-0.2, -0.15) is 0 Å². The van der Waals surface area contributed by atoms with Crippen LogP contribution in [0, 0.1) is 18.8 Å². The normalized spacial score (nSPS) is 22.3. The van der Waals surface area contributed by atoms with Crippen LogP contribution in [0.25, 0.3) is 10.6 Å². The minimum Gasteiger partial charge on any atom is -0.481 e. The molecular weight excluding hydrogens is 392 g/mol. The highest BCUT2D eigenvalue weighted by Gasteiger charge is 2.36. The minimum atomic E-state index is -0.849. The molecule has 2 aromatic rings. The van der Waals surface area contributed by atoms with Crippen molar-refractivity contribution in [3.05, 3.63) is 21.5 Å². The van der Waals surface area contributed by atoms with Crippen LogP contribution in [0.2, 0.25) is 0 Å². The largest absolute Gasteiger partial charge is 0.481 e. The number of aryl methyl sites for hydroxylation is 2. The molecule has 4 rings (SSSR count). The second-order valence-corrected chi connectivity index (χ2v) is 9.85. The maximum absolute atomic E-state index is 13.1. The van der Waals surface area contributed by atoms with E-state index in [1.54, 1.807) is 22.7 Å². The van der Waals surface area contributed by atoms with Crippen LogP contribution in [0.15, 0.2) is 5.38 Å². The third-order valence-electron chi connectivity index (χ3n) is 5.91. The minimum absolute atomic E-state index is 0.141. The second kappa shape index (κ2) is 8.33. The Labute approximate surface area is 173 Å². The number of thiazole rings is 1. The molecule has 2 N–H and O–H groups in total. The highest BCUT2D eigenvalue weighted by Crippen LogP contribution is 2.45. The lowest BCUT2D eigenvalue weighted by atomic mass is 9.79. The van der Waals surface area contributed by atoms with Crippen LogP contribution < -0.4 is 5.32 Å².